The zero-order chi connectivity index (χ0) is 13.8. The molecule has 2 aromatic heterocycles. The van der Waals surface area contributed by atoms with Crippen LogP contribution in [0.5, 0.6) is 11.8 Å². The smallest absolute Gasteiger partial charge is 0.321 e. The summed E-state index contributed by atoms with van der Waals surface area (Å²) >= 11 is 5.81. The first-order valence-electron chi connectivity index (χ1n) is 5.66. The molecule has 0 spiro atoms. The first kappa shape index (κ1) is 13.5. The van der Waals surface area contributed by atoms with Gasteiger partial charge in [0.2, 0.25) is 5.28 Å². The van der Waals surface area contributed by atoms with E-state index in [2.05, 4.69) is 19.9 Å². The molecule has 100 valence electrons. The highest BCUT2D eigenvalue weighted by atomic mass is 35.5. The van der Waals surface area contributed by atoms with Gasteiger partial charge in [-0.2, -0.15) is 15.0 Å². The van der Waals surface area contributed by atoms with E-state index >= 15 is 0 Å². The van der Waals surface area contributed by atoms with Crippen LogP contribution >= 0.6 is 11.6 Å². The van der Waals surface area contributed by atoms with Gasteiger partial charge in [0.05, 0.1) is 19.4 Å². The molecule has 0 unspecified atom stereocenters. The van der Waals surface area contributed by atoms with Gasteiger partial charge in [-0.25, -0.2) is 0 Å². The number of pyridine rings is 1. The lowest BCUT2D eigenvalue weighted by molar-refractivity contribution is 0.241. The van der Waals surface area contributed by atoms with Crippen LogP contribution in [0.1, 0.15) is 13.8 Å². The number of nitrogens with zero attached hydrogens (tertiary/aromatic N) is 4. The fraction of sp³-hybridized carbons (Fsp3) is 0.333. The van der Waals surface area contributed by atoms with Crippen LogP contribution in [0.25, 0.3) is 11.4 Å². The molecule has 0 fully saturated rings. The van der Waals surface area contributed by atoms with E-state index in [0.29, 0.717) is 17.1 Å². The third-order valence-corrected chi connectivity index (χ3v) is 2.28. The Balaban J connectivity index is 2.38. The van der Waals surface area contributed by atoms with Crippen molar-refractivity contribution in [3.05, 3.63) is 23.7 Å². The number of halogens is 1. The van der Waals surface area contributed by atoms with Crippen LogP contribution in [0.2, 0.25) is 5.28 Å². The van der Waals surface area contributed by atoms with Gasteiger partial charge in [-0.05, 0) is 31.5 Å². The summed E-state index contributed by atoms with van der Waals surface area (Å²) in [5, 5.41) is 0.0667. The van der Waals surface area contributed by atoms with E-state index in [1.807, 2.05) is 13.8 Å². The molecule has 0 aliphatic carbocycles. The van der Waals surface area contributed by atoms with Crippen LogP contribution in [-0.4, -0.2) is 33.1 Å². The van der Waals surface area contributed by atoms with Crippen LogP contribution in [0.4, 0.5) is 0 Å². The van der Waals surface area contributed by atoms with Crippen molar-refractivity contribution in [3.8, 4) is 23.1 Å². The van der Waals surface area contributed by atoms with Gasteiger partial charge >= 0.3 is 6.01 Å². The second-order valence-electron chi connectivity index (χ2n) is 3.99. The quantitative estimate of drug-likeness (QED) is 0.856. The second-order valence-corrected chi connectivity index (χ2v) is 4.33. The molecule has 0 aliphatic rings. The van der Waals surface area contributed by atoms with Crippen molar-refractivity contribution >= 4 is 11.6 Å². The molecular formula is C12H13ClN4O2. The lowest BCUT2D eigenvalue weighted by atomic mass is 10.2. The summed E-state index contributed by atoms with van der Waals surface area (Å²) in [6.45, 7) is 3.88. The molecule has 0 radical (unpaired) electrons. The van der Waals surface area contributed by atoms with E-state index in [4.69, 9.17) is 21.1 Å². The number of aromatic nitrogens is 4. The Morgan fingerprint density at radius 2 is 1.95 bits per heavy atom. The van der Waals surface area contributed by atoms with Crippen molar-refractivity contribution in [3.63, 3.8) is 0 Å². The molecular weight excluding hydrogens is 268 g/mol. The minimum atomic E-state index is 0.0635. The van der Waals surface area contributed by atoms with Gasteiger partial charge in [0.15, 0.2) is 5.82 Å². The summed E-state index contributed by atoms with van der Waals surface area (Å²) in [6, 6.07) is 1.95. The maximum Gasteiger partial charge on any atom is 0.321 e. The number of hydrogen-bond acceptors (Lipinski definition) is 6. The Hall–Kier alpha value is -1.95. The second kappa shape index (κ2) is 5.79. The zero-order valence-corrected chi connectivity index (χ0v) is 11.5. The summed E-state index contributed by atoms with van der Waals surface area (Å²) in [5.74, 6) is 1.03. The van der Waals surface area contributed by atoms with Crippen molar-refractivity contribution in [1.82, 2.24) is 19.9 Å². The van der Waals surface area contributed by atoms with Gasteiger partial charge < -0.3 is 9.47 Å². The van der Waals surface area contributed by atoms with E-state index in [9.17, 15) is 0 Å². The molecule has 2 heterocycles. The Kier molecular flexibility index (Phi) is 4.11. The summed E-state index contributed by atoms with van der Waals surface area (Å²) < 4.78 is 10.5. The molecule has 0 saturated heterocycles. The molecule has 0 bridgehead atoms. The average molecular weight is 281 g/mol. The highest BCUT2D eigenvalue weighted by Gasteiger charge is 2.09. The largest absolute Gasteiger partial charge is 0.489 e. The van der Waals surface area contributed by atoms with Crippen molar-refractivity contribution in [1.29, 1.82) is 0 Å². The van der Waals surface area contributed by atoms with Crippen LogP contribution in [0, 0.1) is 0 Å². The normalized spacial score (nSPS) is 10.6. The molecule has 0 N–H and O–H groups in total. The molecule has 0 aliphatic heterocycles. The molecule has 2 rings (SSSR count). The van der Waals surface area contributed by atoms with Gasteiger partial charge in [0.1, 0.15) is 5.75 Å². The van der Waals surface area contributed by atoms with Gasteiger partial charge in [-0.15, -0.1) is 0 Å². The van der Waals surface area contributed by atoms with E-state index in [1.165, 1.54) is 7.11 Å². The number of methoxy groups -OCH3 is 1. The predicted octanol–water partition coefficient (Wildman–Crippen LogP) is 2.38. The molecule has 19 heavy (non-hydrogen) atoms. The van der Waals surface area contributed by atoms with E-state index in [1.54, 1.807) is 18.5 Å². The van der Waals surface area contributed by atoms with E-state index in [-0.39, 0.29) is 17.4 Å². The Bertz CT molecular complexity index is 577. The summed E-state index contributed by atoms with van der Waals surface area (Å²) in [4.78, 5) is 16.1. The van der Waals surface area contributed by atoms with Crippen LogP contribution in [0.3, 0.4) is 0 Å². The summed E-state index contributed by atoms with van der Waals surface area (Å²) in [7, 11) is 1.46. The minimum Gasteiger partial charge on any atom is -0.489 e. The summed E-state index contributed by atoms with van der Waals surface area (Å²) in [6.07, 6.45) is 3.32. The standard InChI is InChI=1S/C12H13ClN4O2/c1-7(2)19-9-4-8(5-14-6-9)10-15-11(13)17-12(16-10)18-3/h4-7H,1-3H3. The van der Waals surface area contributed by atoms with E-state index < -0.39 is 0 Å². The Morgan fingerprint density at radius 1 is 1.16 bits per heavy atom. The molecule has 2 aromatic rings. The van der Waals surface area contributed by atoms with Crippen LogP contribution < -0.4 is 9.47 Å². The lowest BCUT2D eigenvalue weighted by Crippen LogP contribution is -2.06. The average Bonchev–Trinajstić information content (AvgIpc) is 2.37. The monoisotopic (exact) mass is 280 g/mol. The first-order chi connectivity index (χ1) is 9.08. The molecule has 0 aromatic carbocycles. The van der Waals surface area contributed by atoms with Crippen LogP contribution in [-0.2, 0) is 0 Å². The fourth-order valence-electron chi connectivity index (χ4n) is 1.43. The molecule has 6 nitrogen and oxygen atoms in total. The van der Waals surface area contributed by atoms with E-state index in [0.717, 1.165) is 0 Å². The van der Waals surface area contributed by atoms with Crippen molar-refractivity contribution in [2.45, 2.75) is 20.0 Å². The van der Waals surface area contributed by atoms with Crippen LogP contribution in [0.15, 0.2) is 18.5 Å². The van der Waals surface area contributed by atoms with Gasteiger partial charge in [0.25, 0.3) is 0 Å². The number of ether oxygens (including phenoxy) is 2. The first-order valence-corrected chi connectivity index (χ1v) is 6.04. The molecule has 7 heteroatoms. The maximum absolute atomic E-state index is 5.81. The highest BCUT2D eigenvalue weighted by molar-refractivity contribution is 6.28. The lowest BCUT2D eigenvalue weighted by Gasteiger charge is -2.10. The number of hydrogen-bond donors (Lipinski definition) is 0. The molecule has 0 atom stereocenters. The third kappa shape index (κ3) is 3.51. The van der Waals surface area contributed by atoms with Gasteiger partial charge in [-0.1, -0.05) is 0 Å². The van der Waals surface area contributed by atoms with Gasteiger partial charge in [0, 0.05) is 11.8 Å². The SMILES string of the molecule is COc1nc(Cl)nc(-c2cncc(OC(C)C)c2)n1. The Labute approximate surface area is 115 Å². The molecule has 0 amide bonds. The third-order valence-electron chi connectivity index (χ3n) is 2.11. The van der Waals surface area contributed by atoms with Crippen molar-refractivity contribution < 1.29 is 9.47 Å². The minimum absolute atomic E-state index is 0.0635. The Morgan fingerprint density at radius 3 is 2.63 bits per heavy atom. The topological polar surface area (TPSA) is 70.0 Å². The highest BCUT2D eigenvalue weighted by Crippen LogP contribution is 2.22. The summed E-state index contributed by atoms with van der Waals surface area (Å²) in [5.41, 5.74) is 0.681. The maximum atomic E-state index is 5.81. The zero-order valence-electron chi connectivity index (χ0n) is 10.8. The van der Waals surface area contributed by atoms with Crippen molar-refractivity contribution in [2.24, 2.45) is 0 Å². The fourth-order valence-corrected chi connectivity index (χ4v) is 1.58. The van der Waals surface area contributed by atoms with Crippen molar-refractivity contribution in [2.75, 3.05) is 7.11 Å². The molecule has 0 saturated carbocycles. The van der Waals surface area contributed by atoms with Gasteiger partial charge in [-0.3, -0.25) is 4.98 Å². The number of rotatable bonds is 4. The predicted molar refractivity (Wildman–Crippen MR) is 70.4 cm³/mol.